The van der Waals surface area contributed by atoms with Crippen LogP contribution in [-0.2, 0) is 3.76 Å². The Kier molecular flexibility index (Phi) is 15.1. The predicted molar refractivity (Wildman–Crippen MR) is 106 cm³/mol. The van der Waals surface area contributed by atoms with Gasteiger partial charge in [-0.25, -0.2) is 0 Å². The van der Waals surface area contributed by atoms with Crippen LogP contribution in [0.5, 0.6) is 0 Å². The van der Waals surface area contributed by atoms with E-state index in [-0.39, 0.29) is 5.60 Å². The van der Waals surface area contributed by atoms with Crippen LogP contribution in [0.3, 0.4) is 0 Å². The minimum absolute atomic E-state index is 0.243. The summed E-state index contributed by atoms with van der Waals surface area (Å²) in [5.74, 6) is 4.72. The van der Waals surface area contributed by atoms with Crippen LogP contribution in [0.25, 0.3) is 0 Å². The van der Waals surface area contributed by atoms with Gasteiger partial charge in [0.25, 0.3) is 0 Å². The van der Waals surface area contributed by atoms with Crippen LogP contribution in [0, 0.1) is 0 Å². The van der Waals surface area contributed by atoms with E-state index in [2.05, 4.69) is 39.2 Å². The molecule has 0 aliphatic heterocycles. The standard InChI is InChI=1S/C19H42Ge2O/c1-7-11-13-16-21(17-14-12-8-2)18-15-19(9-3,10-4)22-20(5)6/h7-18H2,1-6H3. The molecule has 1 nitrogen and oxygen atoms in total. The van der Waals surface area contributed by atoms with E-state index in [1.54, 1.807) is 15.8 Å². The van der Waals surface area contributed by atoms with Crippen molar-refractivity contribution < 1.29 is 3.76 Å². The SMILES string of the molecule is CCCC[CH2][Ge]([CH2]CCCC)[CH2]CC(CC)(CC)[O][Ge]([CH3])[CH3]. The summed E-state index contributed by atoms with van der Waals surface area (Å²) < 4.78 is 6.53. The van der Waals surface area contributed by atoms with Gasteiger partial charge < -0.3 is 0 Å². The minimum atomic E-state index is -1.19. The first kappa shape index (κ1) is 23.0. The number of hydrogen-bond acceptors (Lipinski definition) is 1. The fourth-order valence-corrected chi connectivity index (χ4v) is 12.3. The van der Waals surface area contributed by atoms with Gasteiger partial charge in [0.05, 0.1) is 0 Å². The number of hydrogen-bond donors (Lipinski definition) is 0. The van der Waals surface area contributed by atoms with Gasteiger partial charge in [-0.05, 0) is 0 Å². The van der Waals surface area contributed by atoms with Crippen molar-refractivity contribution in [3.8, 4) is 0 Å². The first-order chi connectivity index (χ1) is 10.5. The molecule has 0 aliphatic rings. The summed E-state index contributed by atoms with van der Waals surface area (Å²) in [4.78, 5) is 0. The van der Waals surface area contributed by atoms with Crippen molar-refractivity contribution in [3.05, 3.63) is 0 Å². The summed E-state index contributed by atoms with van der Waals surface area (Å²) in [6.45, 7) is 9.35. The summed E-state index contributed by atoms with van der Waals surface area (Å²) >= 11 is -2.01. The van der Waals surface area contributed by atoms with Crippen LogP contribution in [0.15, 0.2) is 0 Å². The van der Waals surface area contributed by atoms with Gasteiger partial charge in [0.1, 0.15) is 0 Å². The molecule has 0 saturated carbocycles. The molecular formula is C19H42Ge2O. The average molecular weight is 432 g/mol. The predicted octanol–water partition coefficient (Wildman–Crippen LogP) is 7.08. The Morgan fingerprint density at radius 1 is 0.727 bits per heavy atom. The zero-order chi connectivity index (χ0) is 16.8. The van der Waals surface area contributed by atoms with Crippen molar-refractivity contribution in [3.63, 3.8) is 0 Å². The maximum absolute atomic E-state index is 6.53. The molecule has 0 atom stereocenters. The Hall–Kier alpha value is 1.05. The molecule has 0 fully saturated rings. The summed E-state index contributed by atoms with van der Waals surface area (Å²) in [6.07, 6.45) is 12.5. The molecule has 0 amide bonds. The Balaban J connectivity index is 4.45. The molecule has 0 spiro atoms. The van der Waals surface area contributed by atoms with Crippen LogP contribution in [0.1, 0.15) is 85.5 Å². The van der Waals surface area contributed by atoms with E-state index in [1.807, 2.05) is 0 Å². The van der Waals surface area contributed by atoms with Crippen LogP contribution in [0.2, 0.25) is 27.3 Å². The van der Waals surface area contributed by atoms with Crippen molar-refractivity contribution in [2.24, 2.45) is 0 Å². The normalized spacial score (nSPS) is 12.5. The molecule has 0 N–H and O–H groups in total. The molecule has 0 aromatic rings. The third kappa shape index (κ3) is 10.8. The van der Waals surface area contributed by atoms with Crippen LogP contribution < -0.4 is 0 Å². The van der Waals surface area contributed by atoms with Crippen molar-refractivity contribution in [2.45, 2.75) is 118 Å². The van der Waals surface area contributed by atoms with Gasteiger partial charge >= 0.3 is 151 Å². The fraction of sp³-hybridized carbons (Fsp3) is 1.00. The Bertz CT molecular complexity index is 230. The van der Waals surface area contributed by atoms with E-state index >= 15 is 0 Å². The van der Waals surface area contributed by atoms with Gasteiger partial charge in [-0.15, -0.1) is 0 Å². The molecule has 132 valence electrons. The number of unbranched alkanes of at least 4 members (excludes halogenated alkanes) is 4. The Morgan fingerprint density at radius 3 is 1.59 bits per heavy atom. The quantitative estimate of drug-likeness (QED) is 0.199. The molecule has 2 radical (unpaired) electrons. The third-order valence-electron chi connectivity index (χ3n) is 4.91. The molecule has 3 heteroatoms. The molecule has 22 heavy (non-hydrogen) atoms. The molecule has 0 aromatic heterocycles. The third-order valence-corrected chi connectivity index (χ3v) is 13.1. The van der Waals surface area contributed by atoms with Crippen molar-refractivity contribution >= 4 is 29.0 Å². The zero-order valence-electron chi connectivity index (χ0n) is 16.4. The topological polar surface area (TPSA) is 9.23 Å². The van der Waals surface area contributed by atoms with Crippen LogP contribution in [-0.4, -0.2) is 34.6 Å². The average Bonchev–Trinajstić information content (AvgIpc) is 2.50. The molecular weight excluding hydrogens is 389 g/mol. The van der Waals surface area contributed by atoms with Crippen molar-refractivity contribution in [1.82, 2.24) is 0 Å². The summed E-state index contributed by atoms with van der Waals surface area (Å²) in [5.41, 5.74) is 0.243. The Morgan fingerprint density at radius 2 is 1.23 bits per heavy atom. The molecule has 0 bridgehead atoms. The van der Waals surface area contributed by atoms with E-state index in [0.29, 0.717) is 0 Å². The Labute approximate surface area is 150 Å². The number of rotatable bonds is 15. The van der Waals surface area contributed by atoms with Gasteiger partial charge in [-0.3, -0.25) is 0 Å². The van der Waals surface area contributed by atoms with E-state index < -0.39 is 29.0 Å². The summed E-state index contributed by atoms with van der Waals surface area (Å²) in [5, 5.41) is 4.78. The molecule has 0 aromatic carbocycles. The monoisotopic (exact) mass is 434 g/mol. The van der Waals surface area contributed by atoms with E-state index in [4.69, 9.17) is 3.76 Å². The molecule has 0 rings (SSSR count). The second kappa shape index (κ2) is 14.4. The summed E-state index contributed by atoms with van der Waals surface area (Å²) in [7, 11) is 0. The molecule has 0 heterocycles. The fourth-order valence-electron chi connectivity index (χ4n) is 3.26. The van der Waals surface area contributed by atoms with Crippen molar-refractivity contribution in [2.75, 3.05) is 0 Å². The summed E-state index contributed by atoms with van der Waals surface area (Å²) in [6, 6.07) is 0. The van der Waals surface area contributed by atoms with Crippen molar-refractivity contribution in [1.29, 1.82) is 0 Å². The van der Waals surface area contributed by atoms with Gasteiger partial charge in [-0.2, -0.15) is 0 Å². The van der Waals surface area contributed by atoms with Crippen LogP contribution in [0.4, 0.5) is 0 Å². The molecule has 0 saturated heterocycles. The van der Waals surface area contributed by atoms with E-state index in [1.165, 1.54) is 57.8 Å². The maximum atomic E-state index is 6.53. The molecule has 0 unspecified atom stereocenters. The second-order valence-corrected chi connectivity index (χ2v) is 17.6. The van der Waals surface area contributed by atoms with Gasteiger partial charge in [0.2, 0.25) is 0 Å². The van der Waals surface area contributed by atoms with Gasteiger partial charge in [-0.1, -0.05) is 0 Å². The first-order valence-corrected chi connectivity index (χ1v) is 19.4. The zero-order valence-corrected chi connectivity index (χ0v) is 20.6. The van der Waals surface area contributed by atoms with E-state index in [0.717, 1.165) is 0 Å². The first-order valence-electron chi connectivity index (χ1n) is 9.86. The molecule has 0 aliphatic carbocycles. The van der Waals surface area contributed by atoms with Crippen LogP contribution >= 0.6 is 0 Å². The van der Waals surface area contributed by atoms with E-state index in [9.17, 15) is 0 Å². The second-order valence-electron chi connectivity index (χ2n) is 7.06. The van der Waals surface area contributed by atoms with Gasteiger partial charge in [0, 0.05) is 0 Å². The van der Waals surface area contributed by atoms with Gasteiger partial charge in [0.15, 0.2) is 0 Å².